The Morgan fingerprint density at radius 1 is 1.44 bits per heavy atom. The van der Waals surface area contributed by atoms with Crippen molar-refractivity contribution < 1.29 is 14.3 Å². The van der Waals surface area contributed by atoms with Crippen molar-refractivity contribution in [1.29, 1.82) is 0 Å². The minimum Gasteiger partial charge on any atom is -0.460 e. The molecule has 1 fully saturated rings. The first-order valence-corrected chi connectivity index (χ1v) is 5.76. The molecule has 16 heavy (non-hydrogen) atoms. The first-order valence-electron chi connectivity index (χ1n) is 5.76. The van der Waals surface area contributed by atoms with Gasteiger partial charge in [-0.1, -0.05) is 24.6 Å². The maximum atomic E-state index is 11.7. The zero-order valence-electron chi connectivity index (χ0n) is 9.28. The molecule has 0 heterocycles. The molecule has 0 N–H and O–H groups in total. The van der Waals surface area contributed by atoms with Gasteiger partial charge >= 0.3 is 5.97 Å². The molecule has 0 aromatic rings. The number of aldehydes is 1. The molecule has 0 spiro atoms. The number of hydrogen-bond acceptors (Lipinski definition) is 3. The van der Waals surface area contributed by atoms with Gasteiger partial charge in [0.05, 0.1) is 0 Å². The van der Waals surface area contributed by atoms with Crippen LogP contribution in [0.15, 0.2) is 23.8 Å². The van der Waals surface area contributed by atoms with Crippen LogP contribution < -0.4 is 0 Å². The lowest BCUT2D eigenvalue weighted by atomic mass is 9.70. The van der Waals surface area contributed by atoms with Gasteiger partial charge in [-0.2, -0.15) is 0 Å². The summed E-state index contributed by atoms with van der Waals surface area (Å²) in [6, 6.07) is 0. The monoisotopic (exact) mass is 220 g/mol. The first kappa shape index (κ1) is 11.1. The molecule has 2 rings (SSSR count). The fraction of sp³-hybridized carbons (Fsp3) is 0.538. The smallest absolute Gasteiger partial charge is 0.319 e. The number of hydrogen-bond donors (Lipinski definition) is 0. The molecule has 0 amide bonds. The zero-order chi connectivity index (χ0) is 11.4. The van der Waals surface area contributed by atoms with Crippen LogP contribution in [0.5, 0.6) is 0 Å². The van der Waals surface area contributed by atoms with Crippen molar-refractivity contribution in [1.82, 2.24) is 0 Å². The van der Waals surface area contributed by atoms with E-state index in [1.54, 1.807) is 0 Å². The van der Waals surface area contributed by atoms with E-state index in [9.17, 15) is 9.59 Å². The van der Waals surface area contributed by atoms with Gasteiger partial charge in [0, 0.05) is 0 Å². The lowest BCUT2D eigenvalue weighted by Crippen LogP contribution is -2.41. The van der Waals surface area contributed by atoms with Gasteiger partial charge in [0.1, 0.15) is 18.3 Å². The maximum absolute atomic E-state index is 11.7. The second-order valence-electron chi connectivity index (χ2n) is 4.46. The van der Waals surface area contributed by atoms with Gasteiger partial charge in [-0.15, -0.1) is 0 Å². The molecule has 86 valence electrons. The summed E-state index contributed by atoms with van der Waals surface area (Å²) in [5.74, 6) is -0.353. The standard InChI is InChI=1S/C13H16O3/c14-10-13(7-4-8-13)12(15)16-9-11-5-2-1-3-6-11/h2,5-6,10H,1,3-4,7-9H2. The quantitative estimate of drug-likeness (QED) is 0.414. The largest absolute Gasteiger partial charge is 0.460 e. The molecule has 0 atom stereocenters. The number of carbonyl (C=O) groups excluding carboxylic acids is 2. The van der Waals surface area contributed by atoms with Gasteiger partial charge < -0.3 is 9.53 Å². The number of rotatable bonds is 4. The molecule has 0 bridgehead atoms. The Labute approximate surface area is 95.2 Å². The highest BCUT2D eigenvalue weighted by atomic mass is 16.5. The Balaban J connectivity index is 1.86. The summed E-state index contributed by atoms with van der Waals surface area (Å²) >= 11 is 0. The zero-order valence-corrected chi connectivity index (χ0v) is 9.28. The van der Waals surface area contributed by atoms with E-state index >= 15 is 0 Å². The molecule has 0 radical (unpaired) electrons. The van der Waals surface area contributed by atoms with Gasteiger partial charge in [0.2, 0.25) is 0 Å². The molecule has 2 aliphatic carbocycles. The molecule has 0 aromatic heterocycles. The highest BCUT2D eigenvalue weighted by Gasteiger charge is 2.45. The number of esters is 1. The molecule has 0 saturated heterocycles. The molecule has 2 aliphatic rings. The molecule has 0 aromatic carbocycles. The van der Waals surface area contributed by atoms with Crippen molar-refractivity contribution in [3.8, 4) is 0 Å². The van der Waals surface area contributed by atoms with Crippen molar-refractivity contribution in [2.24, 2.45) is 5.41 Å². The van der Waals surface area contributed by atoms with Gasteiger partial charge in [-0.3, -0.25) is 4.79 Å². The summed E-state index contributed by atoms with van der Waals surface area (Å²) in [6.45, 7) is 0.297. The first-order chi connectivity index (χ1) is 7.77. The van der Waals surface area contributed by atoms with Gasteiger partial charge in [0.25, 0.3) is 0 Å². The van der Waals surface area contributed by atoms with Crippen LogP contribution in [0.4, 0.5) is 0 Å². The van der Waals surface area contributed by atoms with Gasteiger partial charge in [-0.05, 0) is 31.3 Å². The van der Waals surface area contributed by atoms with Gasteiger partial charge in [-0.25, -0.2) is 0 Å². The fourth-order valence-corrected chi connectivity index (χ4v) is 2.00. The molecule has 1 saturated carbocycles. The van der Waals surface area contributed by atoms with Gasteiger partial charge in [0.15, 0.2) is 0 Å². The average molecular weight is 220 g/mol. The van der Waals surface area contributed by atoms with E-state index in [-0.39, 0.29) is 5.97 Å². The number of allylic oxidation sites excluding steroid dienone is 2. The summed E-state index contributed by atoms with van der Waals surface area (Å²) < 4.78 is 5.19. The summed E-state index contributed by atoms with van der Waals surface area (Å²) in [6.07, 6.45) is 11.2. The molecular formula is C13H16O3. The highest BCUT2D eigenvalue weighted by Crippen LogP contribution is 2.40. The number of ether oxygens (including phenoxy) is 1. The predicted molar refractivity (Wildman–Crippen MR) is 59.8 cm³/mol. The van der Waals surface area contributed by atoms with E-state index in [1.807, 2.05) is 6.08 Å². The van der Waals surface area contributed by atoms with E-state index in [4.69, 9.17) is 4.74 Å². The Morgan fingerprint density at radius 2 is 2.25 bits per heavy atom. The molecule has 3 heteroatoms. The van der Waals surface area contributed by atoms with Crippen LogP contribution in [0.3, 0.4) is 0 Å². The highest BCUT2D eigenvalue weighted by molar-refractivity contribution is 5.94. The Kier molecular flexibility index (Phi) is 3.22. The Hall–Kier alpha value is -1.38. The minimum atomic E-state index is -0.820. The van der Waals surface area contributed by atoms with E-state index in [1.165, 1.54) is 0 Å². The average Bonchev–Trinajstić information content (AvgIpc) is 2.27. The third-order valence-electron chi connectivity index (χ3n) is 3.32. The fourth-order valence-electron chi connectivity index (χ4n) is 2.00. The Bertz CT molecular complexity index is 348. The Morgan fingerprint density at radius 3 is 2.75 bits per heavy atom. The van der Waals surface area contributed by atoms with Crippen LogP contribution in [-0.4, -0.2) is 18.9 Å². The molecular weight excluding hydrogens is 204 g/mol. The SMILES string of the molecule is O=CC1(C(=O)OCC2=CCCC=C2)CCC1. The van der Waals surface area contributed by atoms with Crippen molar-refractivity contribution in [3.05, 3.63) is 23.8 Å². The van der Waals surface area contributed by atoms with E-state index in [0.717, 1.165) is 31.1 Å². The third kappa shape index (κ3) is 2.08. The third-order valence-corrected chi connectivity index (χ3v) is 3.32. The van der Waals surface area contributed by atoms with Crippen LogP contribution >= 0.6 is 0 Å². The van der Waals surface area contributed by atoms with Crippen LogP contribution in [0.2, 0.25) is 0 Å². The summed E-state index contributed by atoms with van der Waals surface area (Å²) in [5.41, 5.74) is 0.207. The summed E-state index contributed by atoms with van der Waals surface area (Å²) in [7, 11) is 0. The van der Waals surface area contributed by atoms with Crippen LogP contribution in [-0.2, 0) is 14.3 Å². The minimum absolute atomic E-state index is 0.297. The van der Waals surface area contributed by atoms with Crippen LogP contribution in [0.1, 0.15) is 32.1 Å². The van der Waals surface area contributed by atoms with Crippen molar-refractivity contribution >= 4 is 12.3 Å². The predicted octanol–water partition coefficient (Wildman–Crippen LogP) is 2.18. The van der Waals surface area contributed by atoms with Crippen LogP contribution in [0.25, 0.3) is 0 Å². The molecule has 0 aliphatic heterocycles. The molecule has 0 unspecified atom stereocenters. The topological polar surface area (TPSA) is 43.4 Å². The summed E-state index contributed by atoms with van der Waals surface area (Å²) in [5, 5.41) is 0. The van der Waals surface area contributed by atoms with E-state index in [2.05, 4.69) is 12.2 Å². The summed E-state index contributed by atoms with van der Waals surface area (Å²) in [4.78, 5) is 22.6. The lowest BCUT2D eigenvalue weighted by molar-refractivity contribution is -0.161. The second kappa shape index (κ2) is 4.64. The van der Waals surface area contributed by atoms with Crippen LogP contribution in [0, 0.1) is 5.41 Å². The maximum Gasteiger partial charge on any atom is 0.319 e. The van der Waals surface area contributed by atoms with Crippen molar-refractivity contribution in [2.75, 3.05) is 6.61 Å². The molecule has 3 nitrogen and oxygen atoms in total. The number of carbonyl (C=O) groups is 2. The van der Waals surface area contributed by atoms with E-state index in [0.29, 0.717) is 19.4 Å². The van der Waals surface area contributed by atoms with Crippen molar-refractivity contribution in [3.63, 3.8) is 0 Å². The lowest BCUT2D eigenvalue weighted by Gasteiger charge is -2.33. The normalized spacial score (nSPS) is 21.9. The van der Waals surface area contributed by atoms with Crippen molar-refractivity contribution in [2.45, 2.75) is 32.1 Å². The van der Waals surface area contributed by atoms with E-state index < -0.39 is 5.41 Å². The second-order valence-corrected chi connectivity index (χ2v) is 4.46.